The van der Waals surface area contributed by atoms with Crippen molar-refractivity contribution in [3.63, 3.8) is 0 Å². The van der Waals surface area contributed by atoms with Crippen LogP contribution in [0.4, 0.5) is 19.0 Å². The Morgan fingerprint density at radius 3 is 2.70 bits per heavy atom. The number of ether oxygens (including phenoxy) is 1. The molecule has 33 heavy (non-hydrogen) atoms. The normalized spacial score (nSPS) is 18.2. The topological polar surface area (TPSA) is 107 Å². The molecule has 4 heterocycles. The number of amides is 1. The van der Waals surface area contributed by atoms with E-state index in [1.807, 2.05) is 6.92 Å². The summed E-state index contributed by atoms with van der Waals surface area (Å²) in [5.74, 6) is 0.0705. The minimum absolute atomic E-state index is 0.0299. The summed E-state index contributed by atoms with van der Waals surface area (Å²) < 4.78 is 44.1. The number of alkyl halides is 3. The molecule has 8 nitrogen and oxygen atoms in total. The first-order chi connectivity index (χ1) is 15.7. The number of rotatable bonds is 4. The number of hydrogen-bond acceptors (Lipinski definition) is 7. The molecule has 2 aliphatic rings. The molecular formula is C22H21F3N6O2. The van der Waals surface area contributed by atoms with Gasteiger partial charge in [0.05, 0.1) is 36.7 Å². The van der Waals surface area contributed by atoms with Crippen molar-refractivity contribution >= 4 is 22.6 Å². The predicted molar refractivity (Wildman–Crippen MR) is 112 cm³/mol. The molecule has 1 fully saturated rings. The third-order valence-corrected chi connectivity index (χ3v) is 6.27. The second-order valence-corrected chi connectivity index (χ2v) is 8.35. The van der Waals surface area contributed by atoms with Crippen molar-refractivity contribution in [2.24, 2.45) is 0 Å². The van der Waals surface area contributed by atoms with Gasteiger partial charge in [0.15, 0.2) is 5.69 Å². The molecule has 0 radical (unpaired) electrons. The third kappa shape index (κ3) is 3.86. The van der Waals surface area contributed by atoms with Crippen LogP contribution in [-0.4, -0.2) is 37.0 Å². The first-order valence-corrected chi connectivity index (χ1v) is 10.6. The number of fused-ring (bicyclic) bond motifs is 3. The second kappa shape index (κ2) is 7.91. The van der Waals surface area contributed by atoms with Crippen molar-refractivity contribution in [1.29, 1.82) is 0 Å². The monoisotopic (exact) mass is 458 g/mol. The zero-order valence-corrected chi connectivity index (χ0v) is 17.8. The van der Waals surface area contributed by atoms with E-state index in [9.17, 15) is 18.0 Å². The van der Waals surface area contributed by atoms with E-state index in [2.05, 4.69) is 20.2 Å². The molecule has 1 amide bonds. The molecule has 1 aliphatic carbocycles. The van der Waals surface area contributed by atoms with Crippen LogP contribution in [-0.2, 0) is 24.1 Å². The molecule has 0 unspecified atom stereocenters. The number of anilines is 1. The van der Waals surface area contributed by atoms with E-state index >= 15 is 0 Å². The first kappa shape index (κ1) is 21.5. The summed E-state index contributed by atoms with van der Waals surface area (Å²) in [6.45, 7) is 2.31. The SMILES string of the molecule is C[C@H]1OCc2c1c(N)nc1cnc(C(=O)N(Cc3ccc(C(F)(F)F)nn3)C3CCC3)cc21. The summed E-state index contributed by atoms with van der Waals surface area (Å²) in [4.78, 5) is 23.8. The van der Waals surface area contributed by atoms with Gasteiger partial charge in [0.1, 0.15) is 11.5 Å². The standard InChI is InChI=1S/C22H21F3N6O2/c1-11-19-15(10-33-11)14-7-16(27-8-17(14)28-20(19)26)21(32)31(13-3-2-4-13)9-12-5-6-18(30-29-12)22(23,24)25/h5-8,11,13H,2-4,9-10H2,1H3,(H2,26,28)/t11-/m1/s1. The van der Waals surface area contributed by atoms with Crippen molar-refractivity contribution in [2.75, 3.05) is 5.73 Å². The van der Waals surface area contributed by atoms with Crippen LogP contribution in [0.1, 0.15) is 65.3 Å². The van der Waals surface area contributed by atoms with Gasteiger partial charge in [-0.05, 0) is 49.9 Å². The molecule has 0 saturated heterocycles. The number of nitrogen functional groups attached to an aromatic ring is 1. The number of aromatic nitrogens is 4. The molecule has 1 aliphatic heterocycles. The number of pyridine rings is 2. The van der Waals surface area contributed by atoms with Crippen molar-refractivity contribution < 1.29 is 22.7 Å². The lowest BCUT2D eigenvalue weighted by Gasteiger charge is -2.37. The number of halogens is 3. The Bertz CT molecular complexity index is 1230. The largest absolute Gasteiger partial charge is 0.435 e. The van der Waals surface area contributed by atoms with Gasteiger partial charge >= 0.3 is 6.18 Å². The Morgan fingerprint density at radius 1 is 1.27 bits per heavy atom. The molecule has 3 aromatic rings. The Labute approximate surface area is 187 Å². The fraction of sp³-hybridized carbons (Fsp3) is 0.409. The fourth-order valence-corrected chi connectivity index (χ4v) is 4.27. The molecule has 5 rings (SSSR count). The van der Waals surface area contributed by atoms with Crippen LogP contribution in [0.2, 0.25) is 0 Å². The van der Waals surface area contributed by atoms with Crippen LogP contribution in [0.5, 0.6) is 0 Å². The molecule has 0 bridgehead atoms. The van der Waals surface area contributed by atoms with E-state index in [1.54, 1.807) is 11.0 Å². The van der Waals surface area contributed by atoms with Crippen molar-refractivity contribution in [3.05, 3.63) is 52.6 Å². The van der Waals surface area contributed by atoms with Crippen molar-refractivity contribution in [3.8, 4) is 0 Å². The highest BCUT2D eigenvalue weighted by atomic mass is 19.4. The summed E-state index contributed by atoms with van der Waals surface area (Å²) in [6.07, 6.45) is -0.640. The van der Waals surface area contributed by atoms with Gasteiger partial charge in [-0.15, -0.1) is 5.10 Å². The summed E-state index contributed by atoms with van der Waals surface area (Å²) in [7, 11) is 0. The summed E-state index contributed by atoms with van der Waals surface area (Å²) in [5, 5.41) is 7.72. The Balaban J connectivity index is 1.47. The molecule has 172 valence electrons. The molecule has 1 atom stereocenters. The number of carbonyl (C=O) groups is 1. The maximum Gasteiger partial charge on any atom is 0.435 e. The quantitative estimate of drug-likeness (QED) is 0.634. The van der Waals surface area contributed by atoms with Gasteiger partial charge in [-0.2, -0.15) is 18.3 Å². The van der Waals surface area contributed by atoms with E-state index < -0.39 is 11.9 Å². The van der Waals surface area contributed by atoms with Gasteiger partial charge in [-0.3, -0.25) is 4.79 Å². The van der Waals surface area contributed by atoms with Crippen LogP contribution in [0, 0.1) is 0 Å². The van der Waals surface area contributed by atoms with Crippen LogP contribution in [0.3, 0.4) is 0 Å². The maximum atomic E-state index is 13.4. The van der Waals surface area contributed by atoms with Crippen LogP contribution in [0.15, 0.2) is 24.4 Å². The minimum atomic E-state index is -4.57. The zero-order valence-electron chi connectivity index (χ0n) is 17.8. The number of nitrogens with two attached hydrogens (primary N) is 1. The lowest BCUT2D eigenvalue weighted by molar-refractivity contribution is -0.141. The predicted octanol–water partition coefficient (Wildman–Crippen LogP) is 3.81. The number of hydrogen-bond donors (Lipinski definition) is 1. The molecule has 11 heteroatoms. The molecular weight excluding hydrogens is 437 g/mol. The van der Waals surface area contributed by atoms with Gasteiger partial charge in [-0.1, -0.05) is 0 Å². The number of carbonyl (C=O) groups excluding carboxylic acids is 1. The Hall–Kier alpha value is -3.34. The van der Waals surface area contributed by atoms with Crippen LogP contribution >= 0.6 is 0 Å². The highest BCUT2D eigenvalue weighted by molar-refractivity contribution is 5.97. The van der Waals surface area contributed by atoms with Crippen LogP contribution in [0.25, 0.3) is 10.9 Å². The van der Waals surface area contributed by atoms with Crippen molar-refractivity contribution in [2.45, 2.75) is 57.7 Å². The highest BCUT2D eigenvalue weighted by Gasteiger charge is 2.34. The Kier molecular flexibility index (Phi) is 5.15. The summed E-state index contributed by atoms with van der Waals surface area (Å²) >= 11 is 0. The average molecular weight is 458 g/mol. The van der Waals surface area contributed by atoms with E-state index in [-0.39, 0.29) is 36.0 Å². The number of nitrogens with zero attached hydrogens (tertiary/aromatic N) is 5. The average Bonchev–Trinajstić information content (AvgIpc) is 3.14. The smallest absolute Gasteiger partial charge is 0.383 e. The van der Waals surface area contributed by atoms with E-state index in [4.69, 9.17) is 10.5 Å². The molecule has 2 N–H and O–H groups in total. The molecule has 3 aromatic heterocycles. The molecule has 1 saturated carbocycles. The van der Waals surface area contributed by atoms with Gasteiger partial charge in [0.25, 0.3) is 5.91 Å². The van der Waals surface area contributed by atoms with Crippen LogP contribution < -0.4 is 5.73 Å². The maximum absolute atomic E-state index is 13.4. The molecule has 0 aromatic carbocycles. The minimum Gasteiger partial charge on any atom is -0.383 e. The first-order valence-electron chi connectivity index (χ1n) is 10.6. The van der Waals surface area contributed by atoms with Gasteiger partial charge in [-0.25, -0.2) is 9.97 Å². The van der Waals surface area contributed by atoms with Gasteiger partial charge in [0, 0.05) is 17.0 Å². The Morgan fingerprint density at radius 2 is 2.06 bits per heavy atom. The van der Waals surface area contributed by atoms with E-state index in [0.717, 1.165) is 41.8 Å². The van der Waals surface area contributed by atoms with E-state index in [0.29, 0.717) is 17.9 Å². The lowest BCUT2D eigenvalue weighted by atomic mass is 9.91. The molecule has 0 spiro atoms. The second-order valence-electron chi connectivity index (χ2n) is 8.35. The van der Waals surface area contributed by atoms with E-state index in [1.165, 1.54) is 12.3 Å². The lowest BCUT2D eigenvalue weighted by Crippen LogP contribution is -2.44. The third-order valence-electron chi connectivity index (χ3n) is 6.27. The van der Waals surface area contributed by atoms with Gasteiger partial charge in [0.2, 0.25) is 0 Å². The zero-order chi connectivity index (χ0) is 23.3. The summed E-state index contributed by atoms with van der Waals surface area (Å²) in [6, 6.07) is 3.79. The van der Waals surface area contributed by atoms with Crippen molar-refractivity contribution in [1.82, 2.24) is 25.1 Å². The summed E-state index contributed by atoms with van der Waals surface area (Å²) in [5.41, 5.74) is 7.81. The highest BCUT2D eigenvalue weighted by Crippen LogP contribution is 2.38. The fourth-order valence-electron chi connectivity index (χ4n) is 4.27. The van der Waals surface area contributed by atoms with Gasteiger partial charge < -0.3 is 15.4 Å².